The predicted molar refractivity (Wildman–Crippen MR) is 114 cm³/mol. The first kappa shape index (κ1) is 20.5. The van der Waals surface area contributed by atoms with Crippen LogP contribution in [-0.2, 0) is 0 Å². The molecule has 0 atom stereocenters. The number of benzene rings is 4. The van der Waals surface area contributed by atoms with Gasteiger partial charge in [0.2, 0.25) is 0 Å². The van der Waals surface area contributed by atoms with Crippen LogP contribution in [0.3, 0.4) is 0 Å². The molecule has 4 aromatic carbocycles. The summed E-state index contributed by atoms with van der Waals surface area (Å²) in [4.78, 5) is 0. The van der Waals surface area contributed by atoms with E-state index in [2.05, 4.69) is 81.8 Å². The molecule has 1 nitrogen and oxygen atoms in total. The minimum Gasteiger partial charge on any atom is -1.00 e. The Balaban J connectivity index is 0.00000225. The van der Waals surface area contributed by atoms with Crippen LogP contribution in [-0.4, -0.2) is 21.1 Å². The summed E-state index contributed by atoms with van der Waals surface area (Å²) in [6.07, 6.45) is 0. The van der Waals surface area contributed by atoms with E-state index in [4.69, 9.17) is 0 Å². The normalized spacial score (nSPS) is 11.3. The number of hydrogen-bond acceptors (Lipinski definition) is 0. The first-order chi connectivity index (χ1) is 12.9. The quantitative estimate of drug-likeness (QED) is 0.309. The summed E-state index contributed by atoms with van der Waals surface area (Å²) in [5.41, 5.74) is 5.84. The van der Waals surface area contributed by atoms with Gasteiger partial charge >= 0.3 is 0 Å². The topological polar surface area (TPSA) is 0 Å². The van der Waals surface area contributed by atoms with Crippen LogP contribution in [0, 0.1) is 5.82 Å². The minimum atomic E-state index is -0.210. The predicted octanol–water partition coefficient (Wildman–Crippen LogP) is 3.51. The van der Waals surface area contributed by atoms with Gasteiger partial charge in [0.15, 0.2) is 0 Å². The van der Waals surface area contributed by atoms with Gasteiger partial charge in [-0.25, -0.2) is 4.39 Å². The molecule has 0 saturated carbocycles. The van der Waals surface area contributed by atoms with Gasteiger partial charge in [-0.05, 0) is 75.5 Å². The molecule has 0 heterocycles. The van der Waals surface area contributed by atoms with E-state index in [0.717, 1.165) is 15.6 Å². The van der Waals surface area contributed by atoms with Crippen LogP contribution < -0.4 is 28.5 Å². The zero-order valence-electron chi connectivity index (χ0n) is 16.3. The van der Waals surface area contributed by atoms with Crippen molar-refractivity contribution in [3.8, 4) is 22.3 Å². The Kier molecular flexibility index (Phi) is 5.87. The van der Waals surface area contributed by atoms with Gasteiger partial charge in [-0.1, -0.05) is 42.5 Å². The Morgan fingerprint density at radius 1 is 0.643 bits per heavy atom. The lowest BCUT2D eigenvalue weighted by Crippen LogP contribution is -3.00. The second kappa shape index (κ2) is 8.02. The molecule has 0 bridgehead atoms. The van der Waals surface area contributed by atoms with Gasteiger partial charge in [-0.3, -0.25) is 4.48 Å². The van der Waals surface area contributed by atoms with Gasteiger partial charge in [-0.2, -0.15) is 0 Å². The second-order valence-electron chi connectivity index (χ2n) is 7.81. The van der Waals surface area contributed by atoms with Gasteiger partial charge in [0.05, 0.1) is 21.1 Å². The third kappa shape index (κ3) is 4.10. The average Bonchev–Trinajstić information content (AvgIpc) is 2.67. The van der Waals surface area contributed by atoms with Crippen molar-refractivity contribution in [2.75, 3.05) is 21.1 Å². The molecule has 0 aliphatic heterocycles. The van der Waals surface area contributed by atoms with Crippen molar-refractivity contribution in [2.24, 2.45) is 0 Å². The third-order valence-electron chi connectivity index (χ3n) is 5.01. The van der Waals surface area contributed by atoms with Crippen LogP contribution in [0.25, 0.3) is 33.0 Å². The summed E-state index contributed by atoms with van der Waals surface area (Å²) < 4.78 is 14.1. The monoisotopic (exact) mass is 483 g/mol. The molecule has 3 heteroatoms. The van der Waals surface area contributed by atoms with Crippen molar-refractivity contribution in [1.82, 2.24) is 4.48 Å². The van der Waals surface area contributed by atoms with E-state index in [1.165, 1.54) is 39.7 Å². The van der Waals surface area contributed by atoms with Gasteiger partial charge in [0.1, 0.15) is 11.5 Å². The number of fused-ring (bicyclic) bond motifs is 1. The standard InChI is InChI=1S/C25H23FN.HI/c1-27(2,3)23-14-9-18(10-15-23)20-11-16-25-21(17-20)5-4-6-24(25)19-7-12-22(26)13-8-19;/h4-17H,1-3H3;1H/q+1;/p-1. The van der Waals surface area contributed by atoms with Crippen molar-refractivity contribution in [3.63, 3.8) is 0 Å². The molecule has 0 radical (unpaired) electrons. The van der Waals surface area contributed by atoms with Crippen molar-refractivity contribution < 1.29 is 28.4 Å². The molecule has 0 aliphatic carbocycles. The molecule has 4 aromatic rings. The molecule has 0 fully saturated rings. The van der Waals surface area contributed by atoms with Crippen molar-refractivity contribution in [1.29, 1.82) is 0 Å². The first-order valence-electron chi connectivity index (χ1n) is 9.13. The van der Waals surface area contributed by atoms with E-state index in [0.29, 0.717) is 0 Å². The molecule has 28 heavy (non-hydrogen) atoms. The zero-order valence-corrected chi connectivity index (χ0v) is 18.4. The molecule has 0 spiro atoms. The number of halogens is 2. The van der Waals surface area contributed by atoms with Gasteiger partial charge in [-0.15, -0.1) is 0 Å². The molecule has 4 rings (SSSR count). The number of nitrogens with zero attached hydrogens (tertiary/aromatic N) is 1. The summed E-state index contributed by atoms with van der Waals surface area (Å²) in [5, 5.41) is 2.36. The number of quaternary nitrogens is 1. The molecular formula is C25H23FIN. The van der Waals surface area contributed by atoms with Crippen LogP contribution in [0.1, 0.15) is 0 Å². The third-order valence-corrected chi connectivity index (χ3v) is 5.01. The second-order valence-corrected chi connectivity index (χ2v) is 7.81. The Morgan fingerprint density at radius 2 is 1.25 bits per heavy atom. The Hall–Kier alpha value is -2.24. The van der Waals surface area contributed by atoms with Gasteiger partial charge < -0.3 is 24.0 Å². The van der Waals surface area contributed by atoms with E-state index in [9.17, 15) is 4.39 Å². The van der Waals surface area contributed by atoms with E-state index < -0.39 is 0 Å². The molecular weight excluding hydrogens is 460 g/mol. The molecule has 0 N–H and O–H groups in total. The summed E-state index contributed by atoms with van der Waals surface area (Å²) in [6.45, 7) is 0. The highest BCUT2D eigenvalue weighted by atomic mass is 127. The fraction of sp³-hybridized carbons (Fsp3) is 0.120. The van der Waals surface area contributed by atoms with Crippen LogP contribution in [0.15, 0.2) is 84.9 Å². The number of hydrogen-bond donors (Lipinski definition) is 0. The van der Waals surface area contributed by atoms with Crippen molar-refractivity contribution in [3.05, 3.63) is 90.7 Å². The first-order valence-corrected chi connectivity index (χ1v) is 9.13. The zero-order chi connectivity index (χ0) is 19.0. The Bertz CT molecular complexity index is 1090. The smallest absolute Gasteiger partial charge is 0.132 e. The molecule has 0 amide bonds. The molecule has 0 aromatic heterocycles. The maximum atomic E-state index is 13.3. The summed E-state index contributed by atoms with van der Waals surface area (Å²) in [7, 11) is 6.51. The maximum absolute atomic E-state index is 13.3. The van der Waals surface area contributed by atoms with Crippen molar-refractivity contribution in [2.45, 2.75) is 0 Å². The highest BCUT2D eigenvalue weighted by Gasteiger charge is 2.12. The number of rotatable bonds is 3. The summed E-state index contributed by atoms with van der Waals surface area (Å²) in [6, 6.07) is 28.3. The van der Waals surface area contributed by atoms with Gasteiger partial charge in [0, 0.05) is 0 Å². The average molecular weight is 483 g/mol. The minimum absolute atomic E-state index is 0. The van der Waals surface area contributed by atoms with Gasteiger partial charge in [0.25, 0.3) is 0 Å². The lowest BCUT2D eigenvalue weighted by atomic mass is 9.95. The maximum Gasteiger partial charge on any atom is 0.132 e. The fourth-order valence-electron chi connectivity index (χ4n) is 3.45. The summed E-state index contributed by atoms with van der Waals surface area (Å²) >= 11 is 0. The molecule has 0 saturated heterocycles. The Labute approximate surface area is 183 Å². The van der Waals surface area contributed by atoms with E-state index in [-0.39, 0.29) is 29.8 Å². The lowest BCUT2D eigenvalue weighted by Gasteiger charge is -2.23. The largest absolute Gasteiger partial charge is 1.00 e. The van der Waals surface area contributed by atoms with Crippen LogP contribution in [0.5, 0.6) is 0 Å². The van der Waals surface area contributed by atoms with E-state index in [1.807, 2.05) is 12.1 Å². The van der Waals surface area contributed by atoms with E-state index >= 15 is 0 Å². The SMILES string of the molecule is C[N+](C)(C)c1ccc(-c2ccc3c(-c4ccc(F)cc4)cccc3c2)cc1.[I-]. The molecule has 142 valence electrons. The molecule has 0 unspecified atom stereocenters. The van der Waals surface area contributed by atoms with Crippen molar-refractivity contribution >= 4 is 16.5 Å². The highest BCUT2D eigenvalue weighted by Crippen LogP contribution is 2.32. The van der Waals surface area contributed by atoms with E-state index in [1.54, 1.807) is 0 Å². The lowest BCUT2D eigenvalue weighted by molar-refractivity contribution is -0.00000610. The summed E-state index contributed by atoms with van der Waals surface area (Å²) in [5.74, 6) is -0.210. The Morgan fingerprint density at radius 3 is 1.89 bits per heavy atom. The van der Waals surface area contributed by atoms with Crippen LogP contribution in [0.2, 0.25) is 0 Å². The van der Waals surface area contributed by atoms with Crippen LogP contribution >= 0.6 is 0 Å². The highest BCUT2D eigenvalue weighted by molar-refractivity contribution is 5.98. The molecule has 0 aliphatic rings. The van der Waals surface area contributed by atoms with Crippen LogP contribution in [0.4, 0.5) is 10.1 Å². The fourth-order valence-corrected chi connectivity index (χ4v) is 3.45.